The lowest BCUT2D eigenvalue weighted by molar-refractivity contribution is 0.0984. The molecule has 82 valence electrons. The smallest absolute Gasteiger partial charge is 0.170 e. The van der Waals surface area contributed by atoms with Gasteiger partial charge in [-0.05, 0) is 31.2 Å². The van der Waals surface area contributed by atoms with Gasteiger partial charge in [-0.1, -0.05) is 5.16 Å². The van der Waals surface area contributed by atoms with Crippen LogP contribution < -0.4 is 0 Å². The van der Waals surface area contributed by atoms with E-state index in [1.54, 1.807) is 13.0 Å². The van der Waals surface area contributed by atoms with Gasteiger partial charge in [0, 0.05) is 11.6 Å². The summed E-state index contributed by atoms with van der Waals surface area (Å²) in [4.78, 5) is 11.7. The number of ketones is 1. The number of aryl methyl sites for hydroxylation is 1. The molecule has 1 heterocycles. The van der Waals surface area contributed by atoms with E-state index in [4.69, 9.17) is 4.52 Å². The lowest BCUT2D eigenvalue weighted by Crippen LogP contribution is -2.02. The van der Waals surface area contributed by atoms with Crippen molar-refractivity contribution in [2.45, 2.75) is 13.3 Å². The second-order valence-corrected chi connectivity index (χ2v) is 3.54. The Balaban J connectivity index is 2.11. The highest BCUT2D eigenvalue weighted by molar-refractivity contribution is 5.97. The minimum absolute atomic E-state index is 0.115. The van der Waals surface area contributed by atoms with Crippen molar-refractivity contribution in [2.75, 3.05) is 0 Å². The average molecular weight is 219 g/mol. The molecule has 2 rings (SSSR count). The standard InChI is InChI=1S/C12H10FNO2/c1-8-6-11(16-14-8)7-12(15)9-2-4-10(13)5-3-9/h2-6H,7H2,1H3. The number of benzene rings is 1. The van der Waals surface area contributed by atoms with Gasteiger partial charge < -0.3 is 4.52 Å². The van der Waals surface area contributed by atoms with Gasteiger partial charge in [-0.15, -0.1) is 0 Å². The van der Waals surface area contributed by atoms with E-state index in [0.29, 0.717) is 11.3 Å². The molecule has 3 nitrogen and oxygen atoms in total. The van der Waals surface area contributed by atoms with Gasteiger partial charge in [0.15, 0.2) is 5.78 Å². The molecule has 0 fully saturated rings. The van der Waals surface area contributed by atoms with Gasteiger partial charge in [0.1, 0.15) is 11.6 Å². The summed E-state index contributed by atoms with van der Waals surface area (Å²) in [6.45, 7) is 1.79. The zero-order chi connectivity index (χ0) is 11.5. The van der Waals surface area contributed by atoms with E-state index in [2.05, 4.69) is 5.16 Å². The van der Waals surface area contributed by atoms with Crippen LogP contribution in [0.2, 0.25) is 0 Å². The normalized spacial score (nSPS) is 10.4. The molecule has 0 saturated carbocycles. The lowest BCUT2D eigenvalue weighted by Gasteiger charge is -1.97. The van der Waals surface area contributed by atoms with Crippen molar-refractivity contribution < 1.29 is 13.7 Å². The molecule has 0 N–H and O–H groups in total. The van der Waals surface area contributed by atoms with Gasteiger partial charge >= 0.3 is 0 Å². The number of aromatic nitrogens is 1. The minimum atomic E-state index is -0.355. The molecule has 0 aliphatic rings. The fourth-order valence-corrected chi connectivity index (χ4v) is 1.40. The molecule has 16 heavy (non-hydrogen) atoms. The highest BCUT2D eigenvalue weighted by Gasteiger charge is 2.10. The molecule has 0 spiro atoms. The Bertz CT molecular complexity index is 502. The maximum absolute atomic E-state index is 12.6. The number of nitrogens with zero attached hydrogens (tertiary/aromatic N) is 1. The predicted octanol–water partition coefficient (Wildman–Crippen LogP) is 2.55. The van der Waals surface area contributed by atoms with Crippen LogP contribution in [0, 0.1) is 12.7 Å². The van der Waals surface area contributed by atoms with Crippen molar-refractivity contribution in [1.29, 1.82) is 0 Å². The molecule has 0 amide bonds. The van der Waals surface area contributed by atoms with E-state index in [1.165, 1.54) is 24.3 Å². The zero-order valence-electron chi connectivity index (χ0n) is 8.74. The molecule has 1 aromatic heterocycles. The Hall–Kier alpha value is -1.97. The number of carbonyl (C=O) groups is 1. The van der Waals surface area contributed by atoms with Crippen LogP contribution in [0.5, 0.6) is 0 Å². The third-order valence-corrected chi connectivity index (χ3v) is 2.18. The summed E-state index contributed by atoms with van der Waals surface area (Å²) in [6.07, 6.45) is 0.145. The number of hydrogen-bond acceptors (Lipinski definition) is 3. The van der Waals surface area contributed by atoms with E-state index in [0.717, 1.165) is 5.69 Å². The fourth-order valence-electron chi connectivity index (χ4n) is 1.40. The van der Waals surface area contributed by atoms with Crippen LogP contribution in [0.1, 0.15) is 21.8 Å². The maximum Gasteiger partial charge on any atom is 0.170 e. The molecule has 0 unspecified atom stereocenters. The maximum atomic E-state index is 12.6. The zero-order valence-corrected chi connectivity index (χ0v) is 8.74. The van der Waals surface area contributed by atoms with Gasteiger partial charge in [-0.25, -0.2) is 4.39 Å². The van der Waals surface area contributed by atoms with Gasteiger partial charge in [-0.3, -0.25) is 4.79 Å². The first kappa shape index (κ1) is 10.5. The monoisotopic (exact) mass is 219 g/mol. The molecule has 0 aliphatic heterocycles. The molecule has 0 atom stereocenters. The number of rotatable bonds is 3. The summed E-state index contributed by atoms with van der Waals surface area (Å²) in [5.41, 5.74) is 1.21. The highest BCUT2D eigenvalue weighted by Crippen LogP contribution is 2.09. The number of Topliss-reactive ketones (excluding diaryl/α,β-unsaturated/α-hetero) is 1. The van der Waals surface area contributed by atoms with Gasteiger partial charge in [0.2, 0.25) is 0 Å². The Morgan fingerprint density at radius 1 is 1.38 bits per heavy atom. The quantitative estimate of drug-likeness (QED) is 0.745. The van der Waals surface area contributed by atoms with E-state index < -0.39 is 0 Å². The van der Waals surface area contributed by atoms with Crippen LogP contribution in [0.3, 0.4) is 0 Å². The van der Waals surface area contributed by atoms with Gasteiger partial charge in [0.05, 0.1) is 12.1 Å². The number of hydrogen-bond donors (Lipinski definition) is 0. The van der Waals surface area contributed by atoms with Crippen molar-refractivity contribution in [2.24, 2.45) is 0 Å². The fraction of sp³-hybridized carbons (Fsp3) is 0.167. The van der Waals surface area contributed by atoms with E-state index in [9.17, 15) is 9.18 Å². The first-order chi connectivity index (χ1) is 7.65. The van der Waals surface area contributed by atoms with Crippen LogP contribution in [-0.2, 0) is 6.42 Å². The Kier molecular flexibility index (Phi) is 2.81. The van der Waals surface area contributed by atoms with Crippen LogP contribution in [-0.4, -0.2) is 10.9 Å². The lowest BCUT2D eigenvalue weighted by atomic mass is 10.1. The molecular weight excluding hydrogens is 209 g/mol. The Morgan fingerprint density at radius 2 is 2.06 bits per heavy atom. The van der Waals surface area contributed by atoms with Crippen molar-refractivity contribution >= 4 is 5.78 Å². The third kappa shape index (κ3) is 2.34. The molecule has 1 aromatic carbocycles. The second kappa shape index (κ2) is 4.26. The summed E-state index contributed by atoms with van der Waals surface area (Å²) >= 11 is 0. The van der Waals surface area contributed by atoms with Crippen LogP contribution in [0.25, 0.3) is 0 Å². The average Bonchev–Trinajstić information content (AvgIpc) is 2.65. The first-order valence-electron chi connectivity index (χ1n) is 4.86. The molecule has 4 heteroatoms. The first-order valence-corrected chi connectivity index (χ1v) is 4.86. The summed E-state index contributed by atoms with van der Waals surface area (Å²) in [5.74, 6) is 0.0510. The summed E-state index contributed by atoms with van der Waals surface area (Å²) < 4.78 is 17.6. The van der Waals surface area contributed by atoms with Crippen LogP contribution >= 0.6 is 0 Å². The third-order valence-electron chi connectivity index (χ3n) is 2.18. The highest BCUT2D eigenvalue weighted by atomic mass is 19.1. The second-order valence-electron chi connectivity index (χ2n) is 3.54. The van der Waals surface area contributed by atoms with Crippen molar-refractivity contribution in [1.82, 2.24) is 5.16 Å². The molecule has 0 radical (unpaired) electrons. The molecular formula is C12H10FNO2. The SMILES string of the molecule is Cc1cc(CC(=O)c2ccc(F)cc2)on1. The summed E-state index contributed by atoms with van der Waals surface area (Å²) in [6, 6.07) is 7.15. The van der Waals surface area contributed by atoms with Crippen LogP contribution in [0.4, 0.5) is 4.39 Å². The van der Waals surface area contributed by atoms with E-state index in [1.807, 2.05) is 0 Å². The van der Waals surface area contributed by atoms with Gasteiger partial charge in [0.25, 0.3) is 0 Å². The molecule has 0 aliphatic carbocycles. The van der Waals surface area contributed by atoms with Crippen molar-refractivity contribution in [3.63, 3.8) is 0 Å². The summed E-state index contributed by atoms with van der Waals surface area (Å²) in [5, 5.41) is 3.69. The summed E-state index contributed by atoms with van der Waals surface area (Å²) in [7, 11) is 0. The van der Waals surface area contributed by atoms with Crippen molar-refractivity contribution in [3.8, 4) is 0 Å². The predicted molar refractivity (Wildman–Crippen MR) is 55.7 cm³/mol. The van der Waals surface area contributed by atoms with Gasteiger partial charge in [-0.2, -0.15) is 0 Å². The topological polar surface area (TPSA) is 43.1 Å². The van der Waals surface area contributed by atoms with Crippen LogP contribution in [0.15, 0.2) is 34.9 Å². The molecule has 0 bridgehead atoms. The minimum Gasteiger partial charge on any atom is -0.361 e. The number of carbonyl (C=O) groups excluding carboxylic acids is 1. The largest absolute Gasteiger partial charge is 0.361 e. The Labute approximate surface area is 91.9 Å². The Morgan fingerprint density at radius 3 is 2.62 bits per heavy atom. The van der Waals surface area contributed by atoms with E-state index in [-0.39, 0.29) is 18.0 Å². The van der Waals surface area contributed by atoms with Crippen molar-refractivity contribution in [3.05, 3.63) is 53.2 Å². The number of halogens is 1. The molecule has 0 saturated heterocycles. The molecule has 2 aromatic rings. The van der Waals surface area contributed by atoms with E-state index >= 15 is 0 Å².